The summed E-state index contributed by atoms with van der Waals surface area (Å²) in [6.45, 7) is 5.77. The van der Waals surface area contributed by atoms with Gasteiger partial charge >= 0.3 is 0 Å². The van der Waals surface area contributed by atoms with E-state index in [1.807, 2.05) is 0 Å². The lowest BCUT2D eigenvalue weighted by Gasteiger charge is -2.42. The molecule has 0 aromatic carbocycles. The Balaban J connectivity index is 2.53. The van der Waals surface area contributed by atoms with Crippen LogP contribution in [0.1, 0.15) is 46.0 Å². The van der Waals surface area contributed by atoms with Crippen molar-refractivity contribution in [2.24, 2.45) is 5.92 Å². The van der Waals surface area contributed by atoms with E-state index < -0.39 is 0 Å². The Labute approximate surface area is 81.7 Å². The minimum Gasteiger partial charge on any atom is -0.394 e. The minimum atomic E-state index is 0.0360. The summed E-state index contributed by atoms with van der Waals surface area (Å²) >= 11 is 0. The highest BCUT2D eigenvalue weighted by Crippen LogP contribution is 2.33. The fraction of sp³-hybridized carbons (Fsp3) is 1.00. The number of hydrogen-bond acceptors (Lipinski definition) is 2. The Morgan fingerprint density at radius 1 is 1.46 bits per heavy atom. The molecule has 2 heteroatoms. The monoisotopic (exact) mass is 185 g/mol. The zero-order chi connectivity index (χ0) is 9.73. The molecule has 2 N–H and O–H groups in total. The van der Waals surface area contributed by atoms with Gasteiger partial charge in [-0.25, -0.2) is 0 Å². The first-order valence-electron chi connectivity index (χ1n) is 5.61. The highest BCUT2D eigenvalue weighted by molar-refractivity contribution is 4.94. The van der Waals surface area contributed by atoms with Gasteiger partial charge in [0.25, 0.3) is 0 Å². The van der Waals surface area contributed by atoms with Gasteiger partial charge in [-0.05, 0) is 31.7 Å². The summed E-state index contributed by atoms with van der Waals surface area (Å²) in [6, 6.07) is 0. The maximum Gasteiger partial charge on any atom is 0.0615 e. The van der Waals surface area contributed by atoms with Crippen molar-refractivity contribution in [1.82, 2.24) is 5.32 Å². The van der Waals surface area contributed by atoms with Crippen LogP contribution in [0.4, 0.5) is 0 Å². The number of rotatable bonds is 4. The van der Waals surface area contributed by atoms with E-state index in [1.165, 1.54) is 19.3 Å². The van der Waals surface area contributed by atoms with E-state index in [2.05, 4.69) is 19.2 Å². The molecular weight excluding hydrogens is 162 g/mol. The molecule has 2 unspecified atom stereocenters. The second kappa shape index (κ2) is 4.97. The number of hydrogen-bond donors (Lipinski definition) is 2. The van der Waals surface area contributed by atoms with Crippen molar-refractivity contribution < 1.29 is 5.11 Å². The molecule has 1 fully saturated rings. The molecule has 0 amide bonds. The van der Waals surface area contributed by atoms with Crippen molar-refractivity contribution in [3.63, 3.8) is 0 Å². The largest absolute Gasteiger partial charge is 0.394 e. The summed E-state index contributed by atoms with van der Waals surface area (Å²) in [4.78, 5) is 0. The van der Waals surface area contributed by atoms with Gasteiger partial charge in [-0.15, -0.1) is 0 Å². The predicted molar refractivity (Wildman–Crippen MR) is 55.7 cm³/mol. The fourth-order valence-electron chi connectivity index (χ4n) is 2.34. The highest BCUT2D eigenvalue weighted by Gasteiger charge is 2.36. The number of nitrogens with one attached hydrogen (secondary N) is 1. The Bertz CT molecular complexity index is 149. The van der Waals surface area contributed by atoms with Crippen molar-refractivity contribution in [3.8, 4) is 0 Å². The van der Waals surface area contributed by atoms with Gasteiger partial charge in [-0.2, -0.15) is 0 Å². The molecule has 0 aromatic heterocycles. The smallest absolute Gasteiger partial charge is 0.0615 e. The first-order chi connectivity index (χ1) is 6.25. The molecule has 78 valence electrons. The van der Waals surface area contributed by atoms with Crippen LogP contribution in [-0.4, -0.2) is 23.8 Å². The lowest BCUT2D eigenvalue weighted by Crippen LogP contribution is -2.55. The van der Waals surface area contributed by atoms with E-state index >= 15 is 0 Å². The van der Waals surface area contributed by atoms with Crippen molar-refractivity contribution in [1.29, 1.82) is 0 Å². The number of aliphatic hydroxyl groups is 1. The highest BCUT2D eigenvalue weighted by atomic mass is 16.3. The third-order valence-electron chi connectivity index (χ3n) is 3.46. The Kier molecular flexibility index (Phi) is 4.20. The second-order valence-electron chi connectivity index (χ2n) is 4.39. The van der Waals surface area contributed by atoms with E-state index in [4.69, 9.17) is 0 Å². The Morgan fingerprint density at radius 2 is 2.23 bits per heavy atom. The van der Waals surface area contributed by atoms with Crippen LogP contribution in [0.5, 0.6) is 0 Å². The van der Waals surface area contributed by atoms with Gasteiger partial charge in [0.15, 0.2) is 0 Å². The number of aliphatic hydroxyl groups excluding tert-OH is 1. The average molecular weight is 185 g/mol. The van der Waals surface area contributed by atoms with Crippen molar-refractivity contribution in [2.45, 2.75) is 51.5 Å². The van der Waals surface area contributed by atoms with Crippen LogP contribution in [0, 0.1) is 5.92 Å². The maximum absolute atomic E-state index is 9.48. The molecule has 0 saturated heterocycles. The predicted octanol–water partition coefficient (Wildman–Crippen LogP) is 1.93. The quantitative estimate of drug-likeness (QED) is 0.701. The normalized spacial score (nSPS) is 34.8. The zero-order valence-corrected chi connectivity index (χ0v) is 8.97. The van der Waals surface area contributed by atoms with Crippen LogP contribution in [0.2, 0.25) is 0 Å². The van der Waals surface area contributed by atoms with E-state index in [0.717, 1.165) is 19.4 Å². The first-order valence-corrected chi connectivity index (χ1v) is 5.61. The molecule has 2 atom stereocenters. The standard InChI is InChI=1S/C11H23NO/c1-3-8-12-11(9-13)7-5-4-6-10(11)2/h10,12-13H,3-9H2,1-2H3. The third-order valence-corrected chi connectivity index (χ3v) is 3.46. The van der Waals surface area contributed by atoms with Gasteiger partial charge in [0.2, 0.25) is 0 Å². The average Bonchev–Trinajstić information content (AvgIpc) is 2.17. The van der Waals surface area contributed by atoms with Crippen LogP contribution >= 0.6 is 0 Å². The minimum absolute atomic E-state index is 0.0360. The molecule has 13 heavy (non-hydrogen) atoms. The molecular formula is C11H23NO. The topological polar surface area (TPSA) is 32.3 Å². The van der Waals surface area contributed by atoms with E-state index in [-0.39, 0.29) is 5.54 Å². The van der Waals surface area contributed by atoms with Crippen molar-refractivity contribution in [2.75, 3.05) is 13.2 Å². The SMILES string of the molecule is CCCNC1(CO)CCCCC1C. The summed E-state index contributed by atoms with van der Waals surface area (Å²) < 4.78 is 0. The molecule has 0 aliphatic heterocycles. The van der Waals surface area contributed by atoms with Gasteiger partial charge in [-0.3, -0.25) is 0 Å². The molecule has 0 aromatic rings. The van der Waals surface area contributed by atoms with Crippen LogP contribution in [0.3, 0.4) is 0 Å². The Morgan fingerprint density at radius 3 is 2.77 bits per heavy atom. The van der Waals surface area contributed by atoms with E-state index in [9.17, 15) is 5.11 Å². The second-order valence-corrected chi connectivity index (χ2v) is 4.39. The summed E-state index contributed by atoms with van der Waals surface area (Å²) in [6.07, 6.45) is 6.15. The van der Waals surface area contributed by atoms with E-state index in [1.54, 1.807) is 0 Å². The third kappa shape index (κ3) is 2.44. The van der Waals surface area contributed by atoms with Gasteiger partial charge in [0, 0.05) is 5.54 Å². The zero-order valence-electron chi connectivity index (χ0n) is 8.97. The van der Waals surface area contributed by atoms with Gasteiger partial charge in [-0.1, -0.05) is 26.7 Å². The molecule has 1 aliphatic rings. The molecule has 0 heterocycles. The van der Waals surface area contributed by atoms with Crippen LogP contribution in [-0.2, 0) is 0 Å². The van der Waals surface area contributed by atoms with Crippen molar-refractivity contribution in [3.05, 3.63) is 0 Å². The van der Waals surface area contributed by atoms with Crippen LogP contribution in [0.25, 0.3) is 0 Å². The van der Waals surface area contributed by atoms with Crippen LogP contribution in [0.15, 0.2) is 0 Å². The summed E-state index contributed by atoms with van der Waals surface area (Å²) in [5.74, 6) is 0.623. The summed E-state index contributed by atoms with van der Waals surface area (Å²) in [7, 11) is 0. The van der Waals surface area contributed by atoms with Gasteiger partial charge in [0.1, 0.15) is 0 Å². The lowest BCUT2D eigenvalue weighted by molar-refractivity contribution is 0.0750. The molecule has 2 nitrogen and oxygen atoms in total. The maximum atomic E-state index is 9.48. The van der Waals surface area contributed by atoms with Gasteiger partial charge in [0.05, 0.1) is 6.61 Å². The molecule has 0 radical (unpaired) electrons. The first kappa shape index (κ1) is 11.0. The van der Waals surface area contributed by atoms with Crippen molar-refractivity contribution >= 4 is 0 Å². The fourth-order valence-corrected chi connectivity index (χ4v) is 2.34. The summed E-state index contributed by atoms with van der Waals surface area (Å²) in [5, 5.41) is 13.0. The molecule has 0 bridgehead atoms. The van der Waals surface area contributed by atoms with Crippen LogP contribution < -0.4 is 5.32 Å². The Hall–Kier alpha value is -0.0800. The van der Waals surface area contributed by atoms with Gasteiger partial charge < -0.3 is 10.4 Å². The van der Waals surface area contributed by atoms with E-state index in [0.29, 0.717) is 12.5 Å². The lowest BCUT2D eigenvalue weighted by atomic mass is 9.74. The molecule has 1 aliphatic carbocycles. The molecule has 0 spiro atoms. The summed E-state index contributed by atoms with van der Waals surface area (Å²) in [5.41, 5.74) is 0.0360. The molecule has 1 rings (SSSR count). The molecule has 1 saturated carbocycles.